The van der Waals surface area contributed by atoms with Crippen molar-refractivity contribution in [1.29, 1.82) is 0 Å². The molecule has 0 aliphatic rings. The standard InChI is InChI=1S/C15H13N3O2/c1-10-5-4-6-11(16-10)9-18-13-8-3-2-7-12(13)14(17-18)15(19)20/h2-8H,9H2,1H3,(H,19,20). The summed E-state index contributed by atoms with van der Waals surface area (Å²) in [6, 6.07) is 13.1. The second-order valence-corrected chi connectivity index (χ2v) is 4.60. The molecule has 2 aromatic heterocycles. The van der Waals surface area contributed by atoms with Crippen LogP contribution in [0.2, 0.25) is 0 Å². The van der Waals surface area contributed by atoms with E-state index in [9.17, 15) is 9.90 Å². The predicted molar refractivity (Wildman–Crippen MR) is 74.8 cm³/mol. The zero-order chi connectivity index (χ0) is 14.1. The molecule has 0 atom stereocenters. The molecule has 0 amide bonds. The number of para-hydroxylation sites is 1. The van der Waals surface area contributed by atoms with Crippen molar-refractivity contribution >= 4 is 16.9 Å². The van der Waals surface area contributed by atoms with Crippen LogP contribution in [0.4, 0.5) is 0 Å². The molecule has 0 bridgehead atoms. The van der Waals surface area contributed by atoms with E-state index in [1.165, 1.54) is 0 Å². The fraction of sp³-hybridized carbons (Fsp3) is 0.133. The van der Waals surface area contributed by atoms with E-state index in [0.717, 1.165) is 16.9 Å². The van der Waals surface area contributed by atoms with Gasteiger partial charge in [0.1, 0.15) is 0 Å². The average molecular weight is 267 g/mol. The van der Waals surface area contributed by atoms with Gasteiger partial charge >= 0.3 is 5.97 Å². The largest absolute Gasteiger partial charge is 0.476 e. The van der Waals surface area contributed by atoms with Gasteiger partial charge in [-0.05, 0) is 25.1 Å². The number of hydrogen-bond donors (Lipinski definition) is 1. The van der Waals surface area contributed by atoms with Crippen molar-refractivity contribution in [2.24, 2.45) is 0 Å². The Balaban J connectivity index is 2.10. The van der Waals surface area contributed by atoms with E-state index < -0.39 is 5.97 Å². The minimum Gasteiger partial charge on any atom is -0.476 e. The molecule has 0 fully saturated rings. The lowest BCUT2D eigenvalue weighted by Crippen LogP contribution is -2.06. The van der Waals surface area contributed by atoms with Crippen molar-refractivity contribution in [1.82, 2.24) is 14.8 Å². The fourth-order valence-corrected chi connectivity index (χ4v) is 2.25. The first-order chi connectivity index (χ1) is 9.65. The summed E-state index contributed by atoms with van der Waals surface area (Å²) in [4.78, 5) is 15.7. The molecule has 5 heteroatoms. The van der Waals surface area contributed by atoms with Gasteiger partial charge < -0.3 is 5.11 Å². The highest BCUT2D eigenvalue weighted by Gasteiger charge is 2.15. The van der Waals surface area contributed by atoms with Crippen LogP contribution in [0.1, 0.15) is 21.9 Å². The van der Waals surface area contributed by atoms with Gasteiger partial charge in [0.2, 0.25) is 0 Å². The normalized spacial score (nSPS) is 10.8. The number of nitrogens with zero attached hydrogens (tertiary/aromatic N) is 3. The summed E-state index contributed by atoms with van der Waals surface area (Å²) in [5, 5.41) is 14.1. The maximum Gasteiger partial charge on any atom is 0.357 e. The molecule has 5 nitrogen and oxygen atoms in total. The quantitative estimate of drug-likeness (QED) is 0.791. The Kier molecular flexibility index (Phi) is 2.95. The van der Waals surface area contributed by atoms with Crippen LogP contribution in [0, 0.1) is 6.92 Å². The number of carboxylic acid groups (broad SMARTS) is 1. The van der Waals surface area contributed by atoms with Crippen LogP contribution in [-0.4, -0.2) is 25.8 Å². The summed E-state index contributed by atoms with van der Waals surface area (Å²) in [5.41, 5.74) is 2.66. The van der Waals surface area contributed by atoms with Gasteiger partial charge in [-0.2, -0.15) is 5.10 Å². The Morgan fingerprint density at radius 1 is 1.20 bits per heavy atom. The van der Waals surface area contributed by atoms with Gasteiger partial charge in [-0.1, -0.05) is 24.3 Å². The molecular weight excluding hydrogens is 254 g/mol. The maximum absolute atomic E-state index is 11.2. The number of fused-ring (bicyclic) bond motifs is 1. The summed E-state index contributed by atoms with van der Waals surface area (Å²) < 4.78 is 1.68. The number of aryl methyl sites for hydroxylation is 1. The summed E-state index contributed by atoms with van der Waals surface area (Å²) in [5.74, 6) is -1.02. The second-order valence-electron chi connectivity index (χ2n) is 4.60. The van der Waals surface area contributed by atoms with Crippen LogP contribution in [0.25, 0.3) is 10.9 Å². The molecule has 3 aromatic rings. The summed E-state index contributed by atoms with van der Waals surface area (Å²) in [6.07, 6.45) is 0. The minimum absolute atomic E-state index is 0.0771. The van der Waals surface area contributed by atoms with Crippen molar-refractivity contribution in [2.75, 3.05) is 0 Å². The molecule has 100 valence electrons. The first-order valence-electron chi connectivity index (χ1n) is 6.26. The topological polar surface area (TPSA) is 68.0 Å². The van der Waals surface area contributed by atoms with Crippen LogP contribution in [0.15, 0.2) is 42.5 Å². The number of carbonyl (C=O) groups is 1. The van der Waals surface area contributed by atoms with E-state index >= 15 is 0 Å². The monoisotopic (exact) mass is 267 g/mol. The molecule has 1 aromatic carbocycles. The summed E-state index contributed by atoms with van der Waals surface area (Å²) >= 11 is 0. The Labute approximate surface area is 115 Å². The Morgan fingerprint density at radius 3 is 2.75 bits per heavy atom. The molecule has 0 radical (unpaired) electrons. The van der Waals surface area contributed by atoms with E-state index in [0.29, 0.717) is 11.9 Å². The highest BCUT2D eigenvalue weighted by molar-refractivity contribution is 6.01. The van der Waals surface area contributed by atoms with E-state index in [4.69, 9.17) is 0 Å². The highest BCUT2D eigenvalue weighted by atomic mass is 16.4. The van der Waals surface area contributed by atoms with E-state index in [1.54, 1.807) is 10.7 Å². The molecule has 20 heavy (non-hydrogen) atoms. The lowest BCUT2D eigenvalue weighted by atomic mass is 10.2. The van der Waals surface area contributed by atoms with Crippen LogP contribution in [0.5, 0.6) is 0 Å². The van der Waals surface area contributed by atoms with Crippen LogP contribution >= 0.6 is 0 Å². The van der Waals surface area contributed by atoms with Crippen LogP contribution < -0.4 is 0 Å². The van der Waals surface area contributed by atoms with Gasteiger partial charge in [-0.15, -0.1) is 0 Å². The number of carboxylic acids is 1. The first kappa shape index (κ1) is 12.3. The van der Waals surface area contributed by atoms with Gasteiger partial charge in [0.25, 0.3) is 0 Å². The average Bonchev–Trinajstić information content (AvgIpc) is 2.78. The summed E-state index contributed by atoms with van der Waals surface area (Å²) in [6.45, 7) is 2.38. The lowest BCUT2D eigenvalue weighted by Gasteiger charge is -2.03. The number of pyridine rings is 1. The highest BCUT2D eigenvalue weighted by Crippen LogP contribution is 2.19. The fourth-order valence-electron chi connectivity index (χ4n) is 2.25. The molecule has 0 saturated carbocycles. The van der Waals surface area contributed by atoms with Crippen molar-refractivity contribution < 1.29 is 9.90 Å². The van der Waals surface area contributed by atoms with Crippen molar-refractivity contribution in [3.63, 3.8) is 0 Å². The maximum atomic E-state index is 11.2. The molecule has 3 rings (SSSR count). The van der Waals surface area contributed by atoms with Crippen molar-refractivity contribution in [3.05, 3.63) is 59.5 Å². The zero-order valence-corrected chi connectivity index (χ0v) is 10.9. The van der Waals surface area contributed by atoms with Crippen molar-refractivity contribution in [3.8, 4) is 0 Å². The van der Waals surface area contributed by atoms with Gasteiger partial charge in [-0.3, -0.25) is 9.67 Å². The minimum atomic E-state index is -1.02. The molecule has 0 spiro atoms. The molecule has 1 N–H and O–H groups in total. The number of benzene rings is 1. The molecule has 0 aliphatic carbocycles. The lowest BCUT2D eigenvalue weighted by molar-refractivity contribution is 0.0691. The van der Waals surface area contributed by atoms with Gasteiger partial charge in [0.15, 0.2) is 5.69 Å². The van der Waals surface area contributed by atoms with Gasteiger partial charge in [0.05, 0.1) is 17.8 Å². The van der Waals surface area contributed by atoms with E-state index in [1.807, 2.05) is 43.3 Å². The third-order valence-corrected chi connectivity index (χ3v) is 3.12. The number of hydrogen-bond acceptors (Lipinski definition) is 3. The Bertz CT molecular complexity index is 793. The molecule has 0 unspecified atom stereocenters. The molecule has 0 saturated heterocycles. The number of aromatic nitrogens is 3. The third-order valence-electron chi connectivity index (χ3n) is 3.12. The zero-order valence-electron chi connectivity index (χ0n) is 10.9. The predicted octanol–water partition coefficient (Wildman–Crippen LogP) is 2.49. The van der Waals surface area contributed by atoms with Crippen LogP contribution in [-0.2, 0) is 6.54 Å². The third kappa shape index (κ3) is 2.14. The Morgan fingerprint density at radius 2 is 2.00 bits per heavy atom. The number of rotatable bonds is 3. The van der Waals surface area contributed by atoms with E-state index in [-0.39, 0.29) is 5.69 Å². The molecular formula is C15H13N3O2. The molecule has 2 heterocycles. The summed E-state index contributed by atoms with van der Waals surface area (Å²) in [7, 11) is 0. The smallest absolute Gasteiger partial charge is 0.357 e. The second kappa shape index (κ2) is 4.77. The van der Waals surface area contributed by atoms with E-state index in [2.05, 4.69) is 10.1 Å². The Hall–Kier alpha value is -2.69. The van der Waals surface area contributed by atoms with Gasteiger partial charge in [-0.25, -0.2) is 4.79 Å². The SMILES string of the molecule is Cc1cccc(Cn2nc(C(=O)O)c3ccccc32)n1. The van der Waals surface area contributed by atoms with Crippen LogP contribution in [0.3, 0.4) is 0 Å². The van der Waals surface area contributed by atoms with Crippen molar-refractivity contribution in [2.45, 2.75) is 13.5 Å². The number of aromatic carboxylic acids is 1. The molecule has 0 aliphatic heterocycles. The first-order valence-corrected chi connectivity index (χ1v) is 6.26. The van der Waals surface area contributed by atoms with Gasteiger partial charge in [0, 0.05) is 11.1 Å².